The van der Waals surface area contributed by atoms with E-state index >= 15 is 0 Å². The first-order chi connectivity index (χ1) is 18.8. The zero-order valence-electron chi connectivity index (χ0n) is 24.9. The summed E-state index contributed by atoms with van der Waals surface area (Å²) < 4.78 is 0. The fourth-order valence-corrected chi connectivity index (χ4v) is 4.74. The Morgan fingerprint density at radius 3 is 1.46 bits per heavy atom. The number of rotatable bonds is 22. The third-order valence-corrected chi connectivity index (χ3v) is 7.09. The number of aliphatic imine (C=N–C) groups is 2. The second kappa shape index (κ2) is 25.2. The number of hydrogen-bond acceptors (Lipinski definition) is 2. The largest absolute Gasteiger partial charge is 0.251 e. The van der Waals surface area contributed by atoms with Gasteiger partial charge >= 0.3 is 0 Å². The summed E-state index contributed by atoms with van der Waals surface area (Å²) in [4.78, 5) is 10.0. The molecule has 2 aromatic rings. The molecule has 0 heterocycles. The van der Waals surface area contributed by atoms with E-state index in [1.165, 1.54) is 89.9 Å². The molecule has 39 heavy (non-hydrogen) atoms. The summed E-state index contributed by atoms with van der Waals surface area (Å²) in [6, 6.07) is 20.6. The van der Waals surface area contributed by atoms with Crippen LogP contribution in [-0.2, 0) is 20.4 Å². The molecule has 3 heteroatoms. The van der Waals surface area contributed by atoms with Gasteiger partial charge in [0, 0.05) is 20.4 Å². The second-order valence-electron chi connectivity index (χ2n) is 10.6. The molecule has 2 nitrogen and oxygen atoms in total. The first-order valence-corrected chi connectivity index (χ1v) is 15.8. The Bertz CT molecular complexity index is 902. The summed E-state index contributed by atoms with van der Waals surface area (Å²) in [5.41, 5.74) is 4.07. The van der Waals surface area contributed by atoms with Gasteiger partial charge in [0.1, 0.15) is 0 Å². The van der Waals surface area contributed by atoms with E-state index in [0.29, 0.717) is 0 Å². The van der Waals surface area contributed by atoms with Gasteiger partial charge in [-0.25, -0.2) is 4.99 Å². The van der Waals surface area contributed by atoms with Gasteiger partial charge in [-0.1, -0.05) is 146 Å². The van der Waals surface area contributed by atoms with Crippen LogP contribution in [0.2, 0.25) is 0 Å². The zero-order chi connectivity index (χ0) is 26.9. The van der Waals surface area contributed by atoms with Crippen molar-refractivity contribution in [2.45, 2.75) is 129 Å². The third-order valence-electron chi connectivity index (χ3n) is 7.09. The van der Waals surface area contributed by atoms with Gasteiger partial charge in [-0.2, -0.15) is 0 Å². The average Bonchev–Trinajstić information content (AvgIpc) is 2.95. The van der Waals surface area contributed by atoms with E-state index in [-0.39, 0.29) is 20.4 Å². The predicted octanol–water partition coefficient (Wildman–Crippen LogP) is 12.1. The van der Waals surface area contributed by atoms with Crippen LogP contribution < -0.4 is 0 Å². The summed E-state index contributed by atoms with van der Waals surface area (Å²) >= 11 is 0. The summed E-state index contributed by atoms with van der Waals surface area (Å²) in [6.07, 6.45) is 28.5. The van der Waals surface area contributed by atoms with Crippen LogP contribution in [-0.4, -0.2) is 11.4 Å². The smallest absolute Gasteiger partial charge is 0.0848 e. The molecule has 0 spiro atoms. The molecule has 0 unspecified atom stereocenters. The predicted molar refractivity (Wildman–Crippen MR) is 171 cm³/mol. The molecule has 0 aromatic heterocycles. The summed E-state index contributed by atoms with van der Waals surface area (Å²) in [5, 5.41) is 0. The van der Waals surface area contributed by atoms with E-state index in [1.54, 1.807) is 0 Å². The molecule has 0 bridgehead atoms. The Kier molecular flexibility index (Phi) is 22.7. The van der Waals surface area contributed by atoms with Gasteiger partial charge in [0.15, 0.2) is 0 Å². The van der Waals surface area contributed by atoms with E-state index in [9.17, 15) is 0 Å². The van der Waals surface area contributed by atoms with E-state index in [1.807, 2.05) is 12.1 Å². The van der Waals surface area contributed by atoms with Crippen molar-refractivity contribution in [3.05, 3.63) is 72.8 Å². The maximum absolute atomic E-state index is 5.02. The molecule has 0 atom stereocenters. The first kappa shape index (κ1) is 35.2. The van der Waals surface area contributed by atoms with Crippen LogP contribution in [0.15, 0.2) is 82.8 Å². The Morgan fingerprint density at radius 2 is 0.974 bits per heavy atom. The van der Waals surface area contributed by atoms with E-state index in [0.717, 1.165) is 48.5 Å². The van der Waals surface area contributed by atoms with Gasteiger partial charge in [-0.3, -0.25) is 4.99 Å². The first-order valence-electron chi connectivity index (χ1n) is 15.8. The molecule has 0 fully saturated rings. The van der Waals surface area contributed by atoms with Crippen LogP contribution in [0.1, 0.15) is 129 Å². The van der Waals surface area contributed by atoms with Gasteiger partial charge < -0.3 is 0 Å². The average molecular weight is 621 g/mol. The summed E-state index contributed by atoms with van der Waals surface area (Å²) in [6.45, 7) is 4.53. The minimum absolute atomic E-state index is 0. The zero-order valence-corrected chi connectivity index (χ0v) is 26.4. The van der Waals surface area contributed by atoms with E-state index < -0.39 is 0 Å². The maximum Gasteiger partial charge on any atom is 0.0848 e. The molecule has 0 aliphatic rings. The number of nitrogens with zero attached hydrogens (tertiary/aromatic N) is 2. The van der Waals surface area contributed by atoms with Crippen LogP contribution in [0, 0.1) is 0 Å². The third kappa shape index (κ3) is 18.2. The minimum Gasteiger partial charge on any atom is -0.251 e. The molecule has 0 N–H and O–H groups in total. The van der Waals surface area contributed by atoms with Crippen molar-refractivity contribution < 1.29 is 20.4 Å². The SMILES string of the molecule is CCCCCCCCCCCCCCCC/C=C/C(=N\c1ccccc1)C(/CCCC)=N/c1ccccc1.[Pd]. The number of hydrogen-bond donors (Lipinski definition) is 0. The fraction of sp³-hybridized carbons (Fsp3) is 0.556. The number of benzene rings is 2. The molecule has 0 amide bonds. The maximum atomic E-state index is 5.02. The van der Waals surface area contributed by atoms with Crippen LogP contribution in [0.5, 0.6) is 0 Å². The molecular formula is C36H54N2Pd. The van der Waals surface area contributed by atoms with Gasteiger partial charge in [0.2, 0.25) is 0 Å². The number of allylic oxidation sites excluding steroid dienone is 2. The van der Waals surface area contributed by atoms with Gasteiger partial charge in [0.05, 0.1) is 22.8 Å². The Labute approximate surface area is 254 Å². The topological polar surface area (TPSA) is 24.7 Å². The number of unbranched alkanes of at least 4 members (excludes halogenated alkanes) is 15. The van der Waals surface area contributed by atoms with Gasteiger partial charge in [0.25, 0.3) is 0 Å². The standard InChI is InChI=1S/C36H54N2.Pd/c1-3-5-7-8-9-10-11-12-13-14-15-16-17-18-19-26-32-36(38-34-29-24-21-25-30-34)35(31-6-4-2)37-33-27-22-20-23-28-33;/h20-30,32H,3-19,31H2,1-2H3;/b32-26+,37-35+,38-36+;. The quantitative estimate of drug-likeness (QED) is 0.0710. The van der Waals surface area contributed by atoms with Crippen molar-refractivity contribution in [3.63, 3.8) is 0 Å². The number of para-hydroxylation sites is 2. The molecule has 0 saturated heterocycles. The Hall–Kier alpha value is -1.82. The molecule has 2 rings (SSSR count). The van der Waals surface area contributed by atoms with Crippen molar-refractivity contribution in [2.24, 2.45) is 9.98 Å². The molecule has 218 valence electrons. The van der Waals surface area contributed by atoms with Crippen LogP contribution in [0.25, 0.3) is 0 Å². The monoisotopic (exact) mass is 620 g/mol. The van der Waals surface area contributed by atoms with Crippen LogP contribution in [0.4, 0.5) is 11.4 Å². The summed E-state index contributed by atoms with van der Waals surface area (Å²) in [5.74, 6) is 0. The molecule has 0 saturated carbocycles. The van der Waals surface area contributed by atoms with Crippen LogP contribution in [0.3, 0.4) is 0 Å². The summed E-state index contributed by atoms with van der Waals surface area (Å²) in [7, 11) is 0. The van der Waals surface area contributed by atoms with Gasteiger partial charge in [-0.05, 0) is 56.0 Å². The Morgan fingerprint density at radius 1 is 0.538 bits per heavy atom. The van der Waals surface area contributed by atoms with Crippen molar-refractivity contribution in [1.82, 2.24) is 0 Å². The normalized spacial score (nSPS) is 12.2. The fourth-order valence-electron chi connectivity index (χ4n) is 4.74. The molecular weight excluding hydrogens is 567 g/mol. The van der Waals surface area contributed by atoms with Crippen molar-refractivity contribution in [1.29, 1.82) is 0 Å². The molecule has 0 radical (unpaired) electrons. The molecule has 0 aliphatic heterocycles. The van der Waals surface area contributed by atoms with Crippen molar-refractivity contribution in [3.8, 4) is 0 Å². The molecule has 2 aromatic carbocycles. The minimum atomic E-state index is 0. The van der Waals surface area contributed by atoms with Gasteiger partial charge in [-0.15, -0.1) is 0 Å². The molecule has 0 aliphatic carbocycles. The van der Waals surface area contributed by atoms with E-state index in [2.05, 4.69) is 74.5 Å². The second-order valence-corrected chi connectivity index (χ2v) is 10.6. The van der Waals surface area contributed by atoms with Crippen molar-refractivity contribution in [2.75, 3.05) is 0 Å². The van der Waals surface area contributed by atoms with Crippen LogP contribution >= 0.6 is 0 Å². The van der Waals surface area contributed by atoms with E-state index in [4.69, 9.17) is 9.98 Å². The van der Waals surface area contributed by atoms with Crippen molar-refractivity contribution >= 4 is 22.8 Å². The Balaban J connectivity index is 0.00000760.